The Kier molecular flexibility index (Phi) is 4.53. The van der Waals surface area contributed by atoms with E-state index in [9.17, 15) is 13.6 Å². The van der Waals surface area contributed by atoms with Crippen LogP contribution in [0.15, 0.2) is 0 Å². The maximum absolute atomic E-state index is 13.2. The molecule has 18 heavy (non-hydrogen) atoms. The molecule has 1 N–H and O–H groups in total. The molecular formula is C12H21F2NO3. The van der Waals surface area contributed by atoms with Crippen LogP contribution in [0, 0.1) is 0 Å². The molecule has 1 amide bonds. The number of hydrogen-bond acceptors (Lipinski definition) is 3. The van der Waals surface area contributed by atoms with Crippen molar-refractivity contribution >= 4 is 6.09 Å². The monoisotopic (exact) mass is 265 g/mol. The first-order valence-electron chi connectivity index (χ1n) is 6.13. The number of ether oxygens (including phenoxy) is 1. The molecule has 1 rings (SSSR count). The summed E-state index contributed by atoms with van der Waals surface area (Å²) in [5.41, 5.74) is -0.635. The number of carbonyl (C=O) groups excluding carboxylic acids is 1. The van der Waals surface area contributed by atoms with Gasteiger partial charge in [-0.2, -0.15) is 0 Å². The molecule has 0 radical (unpaired) electrons. The predicted molar refractivity (Wildman–Crippen MR) is 62.6 cm³/mol. The number of alkyl halides is 2. The summed E-state index contributed by atoms with van der Waals surface area (Å²) in [5.74, 6) is -3.14. The van der Waals surface area contributed by atoms with Crippen LogP contribution in [0.1, 0.15) is 40.0 Å². The minimum absolute atomic E-state index is 0.432. The van der Waals surface area contributed by atoms with Gasteiger partial charge in [-0.3, -0.25) is 0 Å². The van der Waals surface area contributed by atoms with Crippen LogP contribution in [-0.4, -0.2) is 46.8 Å². The zero-order chi connectivity index (χ0) is 14.0. The van der Waals surface area contributed by atoms with Gasteiger partial charge in [-0.15, -0.1) is 0 Å². The summed E-state index contributed by atoms with van der Waals surface area (Å²) in [5, 5.41) is 8.58. The van der Waals surface area contributed by atoms with Crippen molar-refractivity contribution < 1.29 is 23.4 Å². The third-order valence-electron chi connectivity index (χ3n) is 2.77. The average Bonchev–Trinajstić information content (AvgIpc) is 2.62. The number of nitrogens with zero attached hydrogens (tertiary/aromatic N) is 1. The number of halogens is 2. The maximum Gasteiger partial charge on any atom is 0.410 e. The smallest absolute Gasteiger partial charge is 0.410 e. The fourth-order valence-corrected chi connectivity index (χ4v) is 2.02. The van der Waals surface area contributed by atoms with Crippen molar-refractivity contribution in [1.29, 1.82) is 0 Å². The Morgan fingerprint density at radius 3 is 2.56 bits per heavy atom. The van der Waals surface area contributed by atoms with Gasteiger partial charge in [-0.05, 0) is 33.6 Å². The van der Waals surface area contributed by atoms with Gasteiger partial charge in [0, 0.05) is 19.0 Å². The van der Waals surface area contributed by atoms with Crippen molar-refractivity contribution in [2.75, 3.05) is 13.2 Å². The fraction of sp³-hybridized carbons (Fsp3) is 0.917. The summed E-state index contributed by atoms with van der Waals surface area (Å²) in [6.45, 7) is 4.45. The molecule has 1 aliphatic heterocycles. The lowest BCUT2D eigenvalue weighted by molar-refractivity contribution is -0.0708. The quantitative estimate of drug-likeness (QED) is 0.852. The molecular weight excluding hydrogens is 244 g/mol. The summed E-state index contributed by atoms with van der Waals surface area (Å²) in [6.07, 6.45) is 0.141. The molecule has 1 fully saturated rings. The van der Waals surface area contributed by atoms with E-state index in [2.05, 4.69) is 0 Å². The van der Waals surface area contributed by atoms with Crippen LogP contribution in [0.4, 0.5) is 13.6 Å². The molecule has 4 nitrogen and oxygen atoms in total. The van der Waals surface area contributed by atoms with Gasteiger partial charge < -0.3 is 14.7 Å². The molecule has 0 saturated carbocycles. The minimum atomic E-state index is -3.14. The SMILES string of the molecule is CC(C)(C)OC(=O)N1CCCC1CC(F)(F)CO. The average molecular weight is 265 g/mol. The highest BCUT2D eigenvalue weighted by atomic mass is 19.3. The van der Waals surface area contributed by atoms with Gasteiger partial charge in [-0.25, -0.2) is 13.6 Å². The van der Waals surface area contributed by atoms with Crippen molar-refractivity contribution in [2.45, 2.75) is 57.6 Å². The van der Waals surface area contributed by atoms with Gasteiger partial charge in [0.2, 0.25) is 0 Å². The molecule has 0 aromatic rings. The van der Waals surface area contributed by atoms with E-state index in [1.54, 1.807) is 20.8 Å². The molecule has 1 aliphatic rings. The second kappa shape index (κ2) is 5.38. The molecule has 0 spiro atoms. The first-order chi connectivity index (χ1) is 8.14. The topological polar surface area (TPSA) is 49.8 Å². The van der Waals surface area contributed by atoms with E-state index < -0.39 is 36.7 Å². The van der Waals surface area contributed by atoms with Gasteiger partial charge in [0.25, 0.3) is 5.92 Å². The molecule has 0 aromatic heterocycles. The van der Waals surface area contributed by atoms with Crippen LogP contribution in [0.3, 0.4) is 0 Å². The Labute approximate surface area is 106 Å². The number of carbonyl (C=O) groups is 1. The lowest BCUT2D eigenvalue weighted by atomic mass is 10.1. The third-order valence-corrected chi connectivity index (χ3v) is 2.77. The summed E-state index contributed by atoms with van der Waals surface area (Å²) in [4.78, 5) is 13.2. The van der Waals surface area contributed by atoms with Crippen molar-refractivity contribution in [2.24, 2.45) is 0 Å². The molecule has 1 heterocycles. The van der Waals surface area contributed by atoms with Crippen LogP contribution in [0.25, 0.3) is 0 Å². The summed E-state index contributed by atoms with van der Waals surface area (Å²) in [6, 6.07) is -0.554. The van der Waals surface area contributed by atoms with E-state index in [1.807, 2.05) is 0 Å². The molecule has 0 aromatic carbocycles. The minimum Gasteiger partial charge on any atom is -0.444 e. The van der Waals surface area contributed by atoms with Gasteiger partial charge in [0.05, 0.1) is 0 Å². The van der Waals surface area contributed by atoms with Gasteiger partial charge >= 0.3 is 6.09 Å². The van der Waals surface area contributed by atoms with Gasteiger partial charge in [-0.1, -0.05) is 0 Å². The lowest BCUT2D eigenvalue weighted by Crippen LogP contribution is -2.42. The van der Waals surface area contributed by atoms with Crippen molar-refractivity contribution in [1.82, 2.24) is 4.90 Å². The molecule has 1 atom stereocenters. The van der Waals surface area contributed by atoms with Gasteiger partial charge in [0.1, 0.15) is 12.2 Å². The molecule has 6 heteroatoms. The number of hydrogen-bond donors (Lipinski definition) is 1. The Balaban J connectivity index is 2.62. The van der Waals surface area contributed by atoms with Crippen LogP contribution in [0.5, 0.6) is 0 Å². The number of aliphatic hydroxyl groups is 1. The van der Waals surface area contributed by atoms with Crippen molar-refractivity contribution in [3.8, 4) is 0 Å². The standard InChI is InChI=1S/C12H21F2NO3/c1-11(2,3)18-10(17)15-6-4-5-9(15)7-12(13,14)8-16/h9,16H,4-8H2,1-3H3. The van der Waals surface area contributed by atoms with E-state index in [-0.39, 0.29) is 0 Å². The van der Waals surface area contributed by atoms with E-state index in [1.165, 1.54) is 4.90 Å². The molecule has 0 bridgehead atoms. The third kappa shape index (κ3) is 4.40. The normalized spacial score (nSPS) is 21.2. The highest BCUT2D eigenvalue weighted by Gasteiger charge is 2.39. The zero-order valence-corrected chi connectivity index (χ0v) is 11.1. The summed E-state index contributed by atoms with van der Waals surface area (Å²) < 4.78 is 31.5. The highest BCUT2D eigenvalue weighted by molar-refractivity contribution is 5.68. The number of aliphatic hydroxyl groups excluding tert-OH is 1. The van der Waals surface area contributed by atoms with E-state index in [4.69, 9.17) is 9.84 Å². The zero-order valence-electron chi connectivity index (χ0n) is 11.1. The van der Waals surface area contributed by atoms with Crippen molar-refractivity contribution in [3.63, 3.8) is 0 Å². The Hall–Kier alpha value is -0.910. The molecule has 106 valence electrons. The number of likely N-dealkylation sites (tertiary alicyclic amines) is 1. The van der Waals surface area contributed by atoms with Gasteiger partial charge in [0.15, 0.2) is 0 Å². The Bertz CT molecular complexity index is 302. The second-order valence-electron chi connectivity index (χ2n) is 5.69. The van der Waals surface area contributed by atoms with E-state index in [0.717, 1.165) is 0 Å². The largest absolute Gasteiger partial charge is 0.444 e. The number of amides is 1. The van der Waals surface area contributed by atoms with E-state index >= 15 is 0 Å². The lowest BCUT2D eigenvalue weighted by Gasteiger charge is -2.30. The van der Waals surface area contributed by atoms with Crippen LogP contribution < -0.4 is 0 Å². The Morgan fingerprint density at radius 1 is 1.44 bits per heavy atom. The predicted octanol–water partition coefficient (Wildman–Crippen LogP) is 2.40. The maximum atomic E-state index is 13.2. The summed E-state index contributed by atoms with van der Waals surface area (Å²) >= 11 is 0. The first-order valence-corrected chi connectivity index (χ1v) is 6.13. The van der Waals surface area contributed by atoms with E-state index in [0.29, 0.717) is 19.4 Å². The number of rotatable bonds is 3. The van der Waals surface area contributed by atoms with Crippen LogP contribution in [0.2, 0.25) is 0 Å². The van der Waals surface area contributed by atoms with Crippen LogP contribution >= 0.6 is 0 Å². The highest BCUT2D eigenvalue weighted by Crippen LogP contribution is 2.29. The fourth-order valence-electron chi connectivity index (χ4n) is 2.02. The van der Waals surface area contributed by atoms with Crippen LogP contribution in [-0.2, 0) is 4.74 Å². The molecule has 1 saturated heterocycles. The Morgan fingerprint density at radius 2 is 2.06 bits per heavy atom. The molecule has 1 unspecified atom stereocenters. The summed E-state index contributed by atoms with van der Waals surface area (Å²) in [7, 11) is 0. The van der Waals surface area contributed by atoms with Crippen molar-refractivity contribution in [3.05, 3.63) is 0 Å². The molecule has 0 aliphatic carbocycles. The second-order valence-corrected chi connectivity index (χ2v) is 5.69. The first kappa shape index (κ1) is 15.1.